The van der Waals surface area contributed by atoms with Crippen LogP contribution in [0.5, 0.6) is 0 Å². The van der Waals surface area contributed by atoms with E-state index in [1.807, 2.05) is 38.1 Å². The van der Waals surface area contributed by atoms with E-state index in [-0.39, 0.29) is 5.97 Å². The van der Waals surface area contributed by atoms with Gasteiger partial charge in [-0.1, -0.05) is 35.8 Å². The maximum absolute atomic E-state index is 11.9. The lowest BCUT2D eigenvalue weighted by molar-refractivity contribution is -0.146. The van der Waals surface area contributed by atoms with Crippen LogP contribution in [0.3, 0.4) is 0 Å². The highest BCUT2D eigenvalue weighted by Crippen LogP contribution is 2.25. The first-order valence-corrected chi connectivity index (χ1v) is 6.49. The van der Waals surface area contributed by atoms with Gasteiger partial charge in [-0.2, -0.15) is 0 Å². The number of anilines is 1. The Kier molecular flexibility index (Phi) is 5.00. The van der Waals surface area contributed by atoms with Crippen molar-refractivity contribution in [2.75, 3.05) is 12.4 Å². The highest BCUT2D eigenvalue weighted by Gasteiger charge is 2.35. The lowest BCUT2D eigenvalue weighted by Crippen LogP contribution is -2.46. The van der Waals surface area contributed by atoms with Gasteiger partial charge in [0.2, 0.25) is 0 Å². The Morgan fingerprint density at radius 3 is 2.53 bits per heavy atom. The first-order chi connectivity index (χ1) is 8.07. The van der Waals surface area contributed by atoms with Crippen molar-refractivity contribution in [1.82, 2.24) is 0 Å². The molecule has 0 saturated carbocycles. The molecule has 0 aromatic heterocycles. The molecule has 1 aromatic carbocycles. The van der Waals surface area contributed by atoms with Gasteiger partial charge in [-0.05, 0) is 31.0 Å². The number of esters is 1. The monoisotopic (exact) mass is 299 g/mol. The molecule has 0 amide bonds. The molecule has 0 atom stereocenters. The zero-order chi connectivity index (χ0) is 12.9. The van der Waals surface area contributed by atoms with Crippen LogP contribution in [0, 0.1) is 0 Å². The van der Waals surface area contributed by atoms with Crippen LogP contribution < -0.4 is 5.32 Å². The minimum absolute atomic E-state index is 0.220. The second-order valence-electron chi connectivity index (χ2n) is 3.92. The fourth-order valence-corrected chi connectivity index (χ4v) is 2.20. The van der Waals surface area contributed by atoms with E-state index in [2.05, 4.69) is 21.2 Å². The van der Waals surface area contributed by atoms with Gasteiger partial charge in [0.1, 0.15) is 5.54 Å². The van der Waals surface area contributed by atoms with E-state index >= 15 is 0 Å². The summed E-state index contributed by atoms with van der Waals surface area (Å²) >= 11 is 3.41. The zero-order valence-electron chi connectivity index (χ0n) is 10.4. The van der Waals surface area contributed by atoms with Gasteiger partial charge in [0, 0.05) is 10.2 Å². The molecule has 3 nitrogen and oxygen atoms in total. The third-order valence-electron chi connectivity index (χ3n) is 2.99. The van der Waals surface area contributed by atoms with Gasteiger partial charge in [-0.25, -0.2) is 4.79 Å². The predicted octanol–water partition coefficient (Wildman–Crippen LogP) is 3.59. The molecule has 0 saturated heterocycles. The molecule has 4 heteroatoms. The van der Waals surface area contributed by atoms with Crippen LogP contribution in [0.1, 0.15) is 26.7 Å². The number of nitrogens with one attached hydrogen (secondary N) is 1. The minimum atomic E-state index is -0.643. The average Bonchev–Trinajstić information content (AvgIpc) is 2.35. The molecule has 1 rings (SSSR count). The van der Waals surface area contributed by atoms with Crippen molar-refractivity contribution in [2.45, 2.75) is 32.2 Å². The van der Waals surface area contributed by atoms with Crippen molar-refractivity contribution < 1.29 is 9.53 Å². The normalized spacial score (nSPS) is 11.1. The summed E-state index contributed by atoms with van der Waals surface area (Å²) in [6.45, 7) is 3.96. The van der Waals surface area contributed by atoms with Gasteiger partial charge in [0.05, 0.1) is 7.11 Å². The van der Waals surface area contributed by atoms with E-state index in [1.54, 1.807) is 0 Å². The second-order valence-corrected chi connectivity index (χ2v) is 4.83. The summed E-state index contributed by atoms with van der Waals surface area (Å²) in [5.41, 5.74) is 0.267. The van der Waals surface area contributed by atoms with Crippen LogP contribution in [0.25, 0.3) is 0 Å². The van der Waals surface area contributed by atoms with E-state index in [0.717, 1.165) is 10.2 Å². The molecular formula is C13H18BrNO2. The number of rotatable bonds is 5. The third-order valence-corrected chi connectivity index (χ3v) is 3.48. The molecule has 0 unspecified atom stereocenters. The highest BCUT2D eigenvalue weighted by molar-refractivity contribution is 9.10. The first kappa shape index (κ1) is 14.0. The van der Waals surface area contributed by atoms with Gasteiger partial charge < -0.3 is 10.1 Å². The van der Waals surface area contributed by atoms with Gasteiger partial charge >= 0.3 is 5.97 Å². The Labute approximate surface area is 111 Å². The molecular weight excluding hydrogens is 282 g/mol. The summed E-state index contributed by atoms with van der Waals surface area (Å²) in [6, 6.07) is 7.76. The van der Waals surface area contributed by atoms with Crippen LogP contribution in [0.2, 0.25) is 0 Å². The molecule has 0 aliphatic heterocycles. The van der Waals surface area contributed by atoms with Gasteiger partial charge in [0.25, 0.3) is 0 Å². The lowest BCUT2D eigenvalue weighted by Gasteiger charge is -2.30. The van der Waals surface area contributed by atoms with E-state index in [9.17, 15) is 4.79 Å². The Hall–Kier alpha value is -1.03. The van der Waals surface area contributed by atoms with Crippen LogP contribution in [-0.4, -0.2) is 18.6 Å². The molecule has 94 valence electrons. The Morgan fingerprint density at radius 2 is 2.06 bits per heavy atom. The summed E-state index contributed by atoms with van der Waals surface area (Å²) in [5.74, 6) is -0.220. The molecule has 0 aliphatic carbocycles. The summed E-state index contributed by atoms with van der Waals surface area (Å²) in [7, 11) is 1.42. The van der Waals surface area contributed by atoms with Gasteiger partial charge in [-0.3, -0.25) is 0 Å². The minimum Gasteiger partial charge on any atom is -0.467 e. The number of ether oxygens (including phenoxy) is 1. The molecule has 0 heterocycles. The van der Waals surface area contributed by atoms with E-state index in [0.29, 0.717) is 12.8 Å². The molecule has 1 N–H and O–H groups in total. The topological polar surface area (TPSA) is 38.3 Å². The molecule has 17 heavy (non-hydrogen) atoms. The number of methoxy groups -OCH3 is 1. The van der Waals surface area contributed by atoms with Crippen molar-refractivity contribution in [3.63, 3.8) is 0 Å². The van der Waals surface area contributed by atoms with E-state index < -0.39 is 5.54 Å². The zero-order valence-corrected chi connectivity index (χ0v) is 12.0. The van der Waals surface area contributed by atoms with Crippen LogP contribution in [0.4, 0.5) is 5.69 Å². The standard InChI is InChI=1S/C13H18BrNO2/c1-4-13(5-2,12(16)17-3)15-11-8-6-7-10(14)9-11/h6-9,15H,4-5H2,1-3H3. The molecule has 0 aliphatic rings. The number of hydrogen-bond donors (Lipinski definition) is 1. The Bertz CT molecular complexity index is 389. The maximum Gasteiger partial charge on any atom is 0.331 e. The van der Waals surface area contributed by atoms with Crippen LogP contribution in [0.15, 0.2) is 28.7 Å². The summed E-state index contributed by atoms with van der Waals surface area (Å²) < 4.78 is 5.87. The quantitative estimate of drug-likeness (QED) is 0.845. The van der Waals surface area contributed by atoms with Crippen molar-refractivity contribution in [1.29, 1.82) is 0 Å². The summed E-state index contributed by atoms with van der Waals surface area (Å²) in [5, 5.41) is 3.28. The molecule has 0 radical (unpaired) electrons. The second kappa shape index (κ2) is 6.05. The van der Waals surface area contributed by atoms with E-state index in [4.69, 9.17) is 4.74 Å². The average molecular weight is 300 g/mol. The smallest absolute Gasteiger partial charge is 0.331 e. The fourth-order valence-electron chi connectivity index (χ4n) is 1.80. The van der Waals surface area contributed by atoms with Gasteiger partial charge in [0.15, 0.2) is 0 Å². The number of carbonyl (C=O) groups excluding carboxylic acids is 1. The van der Waals surface area contributed by atoms with E-state index in [1.165, 1.54) is 7.11 Å². The Morgan fingerprint density at radius 1 is 1.41 bits per heavy atom. The van der Waals surface area contributed by atoms with Crippen molar-refractivity contribution in [2.24, 2.45) is 0 Å². The third kappa shape index (κ3) is 3.22. The Balaban J connectivity index is 2.98. The number of hydrogen-bond acceptors (Lipinski definition) is 3. The largest absolute Gasteiger partial charge is 0.467 e. The van der Waals surface area contributed by atoms with Crippen molar-refractivity contribution in [3.8, 4) is 0 Å². The summed E-state index contributed by atoms with van der Waals surface area (Å²) in [6.07, 6.45) is 1.37. The first-order valence-electron chi connectivity index (χ1n) is 5.70. The molecule has 1 aromatic rings. The van der Waals surface area contributed by atoms with Crippen LogP contribution in [-0.2, 0) is 9.53 Å². The highest BCUT2D eigenvalue weighted by atomic mass is 79.9. The lowest BCUT2D eigenvalue weighted by atomic mass is 9.92. The van der Waals surface area contributed by atoms with Crippen molar-refractivity contribution >= 4 is 27.6 Å². The SMILES string of the molecule is CCC(CC)(Nc1cccc(Br)c1)C(=O)OC. The maximum atomic E-state index is 11.9. The molecule has 0 spiro atoms. The van der Waals surface area contributed by atoms with Gasteiger partial charge in [-0.15, -0.1) is 0 Å². The predicted molar refractivity (Wildman–Crippen MR) is 73.1 cm³/mol. The molecule has 0 fully saturated rings. The fraction of sp³-hybridized carbons (Fsp3) is 0.462. The molecule has 0 bridgehead atoms. The van der Waals surface area contributed by atoms with Crippen molar-refractivity contribution in [3.05, 3.63) is 28.7 Å². The number of benzene rings is 1. The number of carbonyl (C=O) groups is 1. The number of halogens is 1. The summed E-state index contributed by atoms with van der Waals surface area (Å²) in [4.78, 5) is 11.9. The van der Waals surface area contributed by atoms with Crippen LogP contribution >= 0.6 is 15.9 Å².